The highest BCUT2D eigenvalue weighted by molar-refractivity contribution is 5.72. The molecule has 0 aromatic carbocycles. The summed E-state index contributed by atoms with van der Waals surface area (Å²) in [5.41, 5.74) is 5.13. The normalized spacial score (nSPS) is 41.2. The van der Waals surface area contributed by atoms with Gasteiger partial charge in [-0.1, -0.05) is 40.7 Å². The topological polar surface area (TPSA) is 22.1 Å². The molecule has 6 atom stereocenters. The summed E-state index contributed by atoms with van der Waals surface area (Å²) in [5, 5.41) is 0. The maximum absolute atomic E-state index is 6.14. The van der Waals surface area contributed by atoms with Crippen molar-refractivity contribution in [1.82, 2.24) is 4.98 Å². The van der Waals surface area contributed by atoms with Crippen LogP contribution in [0.25, 0.3) is 5.57 Å². The van der Waals surface area contributed by atoms with Crippen molar-refractivity contribution < 1.29 is 4.74 Å². The predicted octanol–water partition coefficient (Wildman–Crippen LogP) is 6.70. The summed E-state index contributed by atoms with van der Waals surface area (Å²) in [6, 6.07) is 2.39. The van der Waals surface area contributed by atoms with E-state index in [0.29, 0.717) is 16.9 Å². The fraction of sp³-hybridized carbons (Fsp3) is 0.731. The minimum absolute atomic E-state index is 0.345. The lowest BCUT2D eigenvalue weighted by atomic mass is 9.48. The van der Waals surface area contributed by atoms with Gasteiger partial charge in [0.2, 0.25) is 0 Å². The monoisotopic (exact) mass is 381 g/mol. The lowest BCUT2D eigenvalue weighted by Crippen LogP contribution is -2.51. The van der Waals surface area contributed by atoms with E-state index in [1.54, 1.807) is 5.57 Å². The van der Waals surface area contributed by atoms with Crippen molar-refractivity contribution in [2.24, 2.45) is 28.6 Å². The van der Waals surface area contributed by atoms with Crippen molar-refractivity contribution in [1.29, 1.82) is 0 Å². The quantitative estimate of drug-likeness (QED) is 0.569. The van der Waals surface area contributed by atoms with Gasteiger partial charge in [-0.25, -0.2) is 0 Å². The van der Waals surface area contributed by atoms with Crippen molar-refractivity contribution in [2.75, 3.05) is 6.61 Å². The molecule has 1 aliphatic heterocycles. The van der Waals surface area contributed by atoms with Gasteiger partial charge < -0.3 is 4.74 Å². The summed E-state index contributed by atoms with van der Waals surface area (Å²) in [6.45, 7) is 12.3. The van der Waals surface area contributed by atoms with E-state index in [-0.39, 0.29) is 0 Å². The first-order valence-corrected chi connectivity index (χ1v) is 11.8. The zero-order chi connectivity index (χ0) is 19.9. The van der Waals surface area contributed by atoms with Gasteiger partial charge in [-0.3, -0.25) is 4.98 Å². The van der Waals surface area contributed by atoms with Crippen LogP contribution < -0.4 is 0 Å². The van der Waals surface area contributed by atoms with Gasteiger partial charge in [0, 0.05) is 19.0 Å². The standard InChI is InChI=1S/C24H33NO.C2H6/c1-4-16-13-17(15-25-14-16)19-6-7-20-18-5-8-22-24(3,11-12-26-22)21(18)9-10-23(19,20)2;1-2/h6,13-15,18,20-22H,4-5,7-12H2,1-3H3;1-2H3. The number of hydrogen-bond acceptors (Lipinski definition) is 2. The van der Waals surface area contributed by atoms with E-state index in [9.17, 15) is 0 Å². The first-order chi connectivity index (χ1) is 13.6. The fourth-order valence-corrected chi connectivity index (χ4v) is 7.31. The van der Waals surface area contributed by atoms with E-state index in [4.69, 9.17) is 4.74 Å². The van der Waals surface area contributed by atoms with E-state index in [1.807, 2.05) is 20.0 Å². The average molecular weight is 382 g/mol. The fourth-order valence-electron chi connectivity index (χ4n) is 7.31. The minimum atomic E-state index is 0.345. The molecule has 2 saturated carbocycles. The Kier molecular flexibility index (Phi) is 5.46. The Morgan fingerprint density at radius 1 is 1.07 bits per heavy atom. The van der Waals surface area contributed by atoms with E-state index in [0.717, 1.165) is 30.8 Å². The Balaban J connectivity index is 0.000000932. The molecule has 6 unspecified atom stereocenters. The highest BCUT2D eigenvalue weighted by atomic mass is 16.5. The molecular formula is C26H39NO. The molecule has 4 aliphatic rings. The Bertz CT molecular complexity index is 740. The van der Waals surface area contributed by atoms with Crippen LogP contribution in [0.2, 0.25) is 0 Å². The van der Waals surface area contributed by atoms with Crippen LogP contribution in [0.1, 0.15) is 84.3 Å². The third-order valence-corrected chi connectivity index (χ3v) is 8.84. The number of hydrogen-bond donors (Lipinski definition) is 0. The number of fused-ring (bicyclic) bond motifs is 5. The first-order valence-electron chi connectivity index (χ1n) is 11.8. The van der Waals surface area contributed by atoms with Gasteiger partial charge in [0.1, 0.15) is 0 Å². The second-order valence-electron chi connectivity index (χ2n) is 9.81. The van der Waals surface area contributed by atoms with Gasteiger partial charge in [0.15, 0.2) is 0 Å². The first kappa shape index (κ1) is 20.1. The summed E-state index contributed by atoms with van der Waals surface area (Å²) >= 11 is 0. The molecule has 3 aliphatic carbocycles. The predicted molar refractivity (Wildman–Crippen MR) is 117 cm³/mol. The Labute approximate surface area is 172 Å². The maximum Gasteiger partial charge on any atom is 0.0632 e. The van der Waals surface area contributed by atoms with Gasteiger partial charge in [0.25, 0.3) is 0 Å². The van der Waals surface area contributed by atoms with Gasteiger partial charge in [0.05, 0.1) is 6.10 Å². The molecule has 5 rings (SSSR count). The van der Waals surface area contributed by atoms with Crippen molar-refractivity contribution in [3.05, 3.63) is 35.7 Å². The molecule has 2 heteroatoms. The van der Waals surface area contributed by atoms with Crippen LogP contribution >= 0.6 is 0 Å². The van der Waals surface area contributed by atoms with Crippen LogP contribution in [0.3, 0.4) is 0 Å². The highest BCUT2D eigenvalue weighted by Gasteiger charge is 2.59. The van der Waals surface area contributed by atoms with E-state index < -0.39 is 0 Å². The lowest BCUT2D eigenvalue weighted by molar-refractivity contribution is -0.0889. The van der Waals surface area contributed by atoms with Gasteiger partial charge in [-0.2, -0.15) is 0 Å². The molecule has 0 amide bonds. The molecule has 1 aromatic heterocycles. The third-order valence-electron chi connectivity index (χ3n) is 8.84. The zero-order valence-corrected chi connectivity index (χ0v) is 18.6. The van der Waals surface area contributed by atoms with Crippen molar-refractivity contribution >= 4 is 5.57 Å². The van der Waals surface area contributed by atoms with Crippen LogP contribution in [0.5, 0.6) is 0 Å². The third kappa shape index (κ3) is 2.90. The SMILES string of the molecule is CC.CCc1cncc(C2=CCC3C4CCC5OCCC5(C)C4CCC23C)c1. The van der Waals surface area contributed by atoms with Crippen LogP contribution in [0, 0.1) is 28.6 Å². The molecule has 0 N–H and O–H groups in total. The second kappa shape index (κ2) is 7.59. The largest absolute Gasteiger partial charge is 0.378 e. The number of aromatic nitrogens is 1. The second-order valence-corrected chi connectivity index (χ2v) is 9.81. The Hall–Kier alpha value is -1.15. The highest BCUT2D eigenvalue weighted by Crippen LogP contribution is 2.66. The molecule has 2 nitrogen and oxygen atoms in total. The number of aryl methyl sites for hydroxylation is 1. The molecule has 0 spiro atoms. The van der Waals surface area contributed by atoms with Crippen molar-refractivity contribution in [3.63, 3.8) is 0 Å². The number of allylic oxidation sites excluding steroid dienone is 2. The smallest absolute Gasteiger partial charge is 0.0632 e. The number of rotatable bonds is 2. The molecule has 28 heavy (non-hydrogen) atoms. The number of ether oxygens (including phenoxy) is 1. The minimum Gasteiger partial charge on any atom is -0.378 e. The molecule has 2 heterocycles. The molecule has 1 aromatic rings. The molecule has 154 valence electrons. The van der Waals surface area contributed by atoms with E-state index >= 15 is 0 Å². The molecule has 0 bridgehead atoms. The van der Waals surface area contributed by atoms with Crippen LogP contribution in [-0.2, 0) is 11.2 Å². The van der Waals surface area contributed by atoms with E-state index in [1.165, 1.54) is 49.7 Å². The van der Waals surface area contributed by atoms with Crippen LogP contribution in [0.15, 0.2) is 24.5 Å². The van der Waals surface area contributed by atoms with Gasteiger partial charge in [-0.15, -0.1) is 0 Å². The lowest BCUT2D eigenvalue weighted by Gasteiger charge is -2.56. The van der Waals surface area contributed by atoms with E-state index in [2.05, 4.69) is 44.1 Å². The summed E-state index contributed by atoms with van der Waals surface area (Å²) in [6.07, 6.45) is 16.2. The Morgan fingerprint density at radius 3 is 2.68 bits per heavy atom. The molecule has 1 saturated heterocycles. The Morgan fingerprint density at radius 2 is 1.89 bits per heavy atom. The zero-order valence-electron chi connectivity index (χ0n) is 18.6. The maximum atomic E-state index is 6.14. The van der Waals surface area contributed by atoms with Crippen molar-refractivity contribution in [3.8, 4) is 0 Å². The van der Waals surface area contributed by atoms with Crippen molar-refractivity contribution in [2.45, 2.75) is 85.7 Å². The van der Waals surface area contributed by atoms with Crippen LogP contribution in [-0.4, -0.2) is 17.7 Å². The number of nitrogens with zero attached hydrogens (tertiary/aromatic N) is 1. The summed E-state index contributed by atoms with van der Waals surface area (Å²) < 4.78 is 6.14. The summed E-state index contributed by atoms with van der Waals surface area (Å²) in [5.74, 6) is 2.57. The summed E-state index contributed by atoms with van der Waals surface area (Å²) in [4.78, 5) is 4.55. The van der Waals surface area contributed by atoms with Crippen LogP contribution in [0.4, 0.5) is 0 Å². The molecule has 3 fully saturated rings. The number of pyridine rings is 1. The average Bonchev–Trinajstić information content (AvgIpc) is 3.29. The van der Waals surface area contributed by atoms with Gasteiger partial charge >= 0.3 is 0 Å². The molecule has 0 radical (unpaired) electrons. The summed E-state index contributed by atoms with van der Waals surface area (Å²) in [7, 11) is 0. The molecular weight excluding hydrogens is 342 g/mol. The van der Waals surface area contributed by atoms with Gasteiger partial charge in [-0.05, 0) is 96.3 Å².